The average molecular weight is 349 g/mol. The number of hydrogen-bond acceptors (Lipinski definition) is 4. The van der Waals surface area contributed by atoms with E-state index in [0.29, 0.717) is 23.4 Å². The van der Waals surface area contributed by atoms with E-state index in [-0.39, 0.29) is 0 Å². The number of carbonyl (C=O) groups is 1. The van der Waals surface area contributed by atoms with Crippen molar-refractivity contribution >= 4 is 27.8 Å². The van der Waals surface area contributed by atoms with E-state index in [1.807, 2.05) is 42.5 Å². The van der Waals surface area contributed by atoms with Crippen LogP contribution in [0.15, 0.2) is 69.9 Å². The molecule has 26 heavy (non-hydrogen) atoms. The van der Waals surface area contributed by atoms with Crippen molar-refractivity contribution in [3.63, 3.8) is 0 Å². The van der Waals surface area contributed by atoms with E-state index >= 15 is 0 Å². The molecule has 4 rings (SSSR count). The van der Waals surface area contributed by atoms with Crippen LogP contribution in [0.5, 0.6) is 5.75 Å². The van der Waals surface area contributed by atoms with Crippen LogP contribution in [0.25, 0.3) is 21.9 Å². The van der Waals surface area contributed by atoms with Crippen LogP contribution in [-0.2, 0) is 11.3 Å². The molecule has 0 aliphatic carbocycles. The Balaban J connectivity index is 1.78. The van der Waals surface area contributed by atoms with Crippen LogP contribution in [0.2, 0.25) is 0 Å². The third-order valence-electron chi connectivity index (χ3n) is 4.16. The Labute approximate surface area is 147 Å². The molecule has 3 aromatic carbocycles. The molecule has 0 amide bonds. The van der Waals surface area contributed by atoms with Gasteiger partial charge < -0.3 is 14.3 Å². The van der Waals surface area contributed by atoms with Gasteiger partial charge in [0.1, 0.15) is 11.3 Å². The molecule has 0 bridgehead atoms. The van der Waals surface area contributed by atoms with Crippen molar-refractivity contribution in [2.45, 2.75) is 6.54 Å². The topological polar surface area (TPSA) is 81.7 Å². The van der Waals surface area contributed by atoms with Gasteiger partial charge >= 0.3 is 11.7 Å². The van der Waals surface area contributed by atoms with Gasteiger partial charge in [0.25, 0.3) is 0 Å². The summed E-state index contributed by atoms with van der Waals surface area (Å²) in [5.41, 5.74) is 1.74. The van der Waals surface area contributed by atoms with E-state index in [0.717, 1.165) is 16.3 Å². The quantitative estimate of drug-likeness (QED) is 0.598. The summed E-state index contributed by atoms with van der Waals surface area (Å²) >= 11 is 0. The molecule has 1 heterocycles. The first kappa shape index (κ1) is 16.0. The first-order valence-electron chi connectivity index (χ1n) is 8.06. The zero-order valence-corrected chi connectivity index (χ0v) is 13.7. The van der Waals surface area contributed by atoms with E-state index in [9.17, 15) is 9.59 Å². The second-order valence-electron chi connectivity index (χ2n) is 5.92. The summed E-state index contributed by atoms with van der Waals surface area (Å²) < 4.78 is 12.1. The number of carboxylic acid groups (broad SMARTS) is 1. The molecule has 6 heteroatoms. The lowest BCUT2D eigenvalue weighted by molar-refractivity contribution is -0.139. The molecule has 1 aromatic heterocycles. The molecular formula is C20H15NO5. The number of fused-ring (bicyclic) bond motifs is 2. The number of ether oxygens (including phenoxy) is 1. The maximum atomic E-state index is 12.3. The van der Waals surface area contributed by atoms with Crippen molar-refractivity contribution in [3.05, 3.63) is 76.8 Å². The zero-order valence-electron chi connectivity index (χ0n) is 13.7. The van der Waals surface area contributed by atoms with Crippen molar-refractivity contribution in [1.29, 1.82) is 0 Å². The number of hydrogen-bond donors (Lipinski definition) is 1. The Bertz CT molecular complexity index is 1170. The standard InChI is InChI=1S/C20H15NO5/c22-18(23)12-25-16-6-3-7-17-19(16)21(20(24)26-17)11-13-8-9-14-4-1-2-5-15(14)10-13/h1-10H,11-12H2,(H,22,23). The molecule has 0 saturated carbocycles. The van der Waals surface area contributed by atoms with Crippen molar-refractivity contribution in [2.75, 3.05) is 6.61 Å². The molecule has 6 nitrogen and oxygen atoms in total. The minimum Gasteiger partial charge on any atom is -0.480 e. The van der Waals surface area contributed by atoms with Gasteiger partial charge in [0.05, 0.1) is 6.54 Å². The number of carboxylic acids is 1. The van der Waals surface area contributed by atoms with E-state index in [4.69, 9.17) is 14.3 Å². The molecule has 0 atom stereocenters. The number of rotatable bonds is 5. The van der Waals surface area contributed by atoms with E-state index < -0.39 is 18.3 Å². The predicted molar refractivity (Wildman–Crippen MR) is 96.7 cm³/mol. The Hall–Kier alpha value is -3.54. The predicted octanol–water partition coefficient (Wildman–Crippen LogP) is 3.26. The fourth-order valence-corrected chi connectivity index (χ4v) is 3.01. The number of aromatic nitrogens is 1. The summed E-state index contributed by atoms with van der Waals surface area (Å²) in [7, 11) is 0. The number of para-hydroxylation sites is 1. The number of oxazole rings is 1. The van der Waals surface area contributed by atoms with Crippen molar-refractivity contribution in [1.82, 2.24) is 4.57 Å². The number of benzene rings is 3. The minimum absolute atomic E-state index is 0.296. The van der Waals surface area contributed by atoms with Gasteiger partial charge in [-0.15, -0.1) is 0 Å². The highest BCUT2D eigenvalue weighted by molar-refractivity contribution is 5.83. The summed E-state index contributed by atoms with van der Waals surface area (Å²) in [4.78, 5) is 23.1. The van der Waals surface area contributed by atoms with E-state index in [1.54, 1.807) is 18.2 Å². The SMILES string of the molecule is O=C(O)COc1cccc2oc(=O)n(Cc3ccc4ccccc4c3)c12. The molecule has 0 aliphatic heterocycles. The Morgan fingerprint density at radius 3 is 2.65 bits per heavy atom. The Morgan fingerprint density at radius 1 is 1.04 bits per heavy atom. The van der Waals surface area contributed by atoms with Gasteiger partial charge in [-0.05, 0) is 34.5 Å². The first-order valence-corrected chi connectivity index (χ1v) is 8.06. The highest BCUT2D eigenvalue weighted by Gasteiger charge is 2.15. The number of aliphatic carboxylic acids is 1. The van der Waals surface area contributed by atoms with Crippen molar-refractivity contribution in [3.8, 4) is 5.75 Å². The van der Waals surface area contributed by atoms with Crippen molar-refractivity contribution < 1.29 is 19.1 Å². The molecule has 130 valence electrons. The maximum Gasteiger partial charge on any atom is 0.420 e. The summed E-state index contributed by atoms with van der Waals surface area (Å²) in [5.74, 6) is -1.30. The summed E-state index contributed by atoms with van der Waals surface area (Å²) in [6.45, 7) is -0.196. The lowest BCUT2D eigenvalue weighted by atomic mass is 10.1. The van der Waals surface area contributed by atoms with Crippen LogP contribution in [0.4, 0.5) is 0 Å². The molecule has 4 aromatic rings. The second-order valence-corrected chi connectivity index (χ2v) is 5.92. The molecule has 1 N–H and O–H groups in total. The van der Waals surface area contributed by atoms with Gasteiger partial charge in [0.15, 0.2) is 12.2 Å². The monoisotopic (exact) mass is 349 g/mol. The average Bonchev–Trinajstić information content (AvgIpc) is 2.96. The highest BCUT2D eigenvalue weighted by Crippen LogP contribution is 2.26. The highest BCUT2D eigenvalue weighted by atomic mass is 16.5. The van der Waals surface area contributed by atoms with Crippen LogP contribution in [-0.4, -0.2) is 22.2 Å². The third-order valence-corrected chi connectivity index (χ3v) is 4.16. The molecule has 0 radical (unpaired) electrons. The molecule has 0 saturated heterocycles. The van der Waals surface area contributed by atoms with Gasteiger partial charge in [0.2, 0.25) is 0 Å². The molecule has 0 aliphatic rings. The first-order chi connectivity index (χ1) is 12.6. The van der Waals surface area contributed by atoms with Gasteiger partial charge in [-0.3, -0.25) is 4.57 Å². The van der Waals surface area contributed by atoms with E-state index in [2.05, 4.69) is 0 Å². The van der Waals surface area contributed by atoms with Crippen LogP contribution in [0, 0.1) is 0 Å². The molecule has 0 unspecified atom stereocenters. The molecule has 0 fully saturated rings. The van der Waals surface area contributed by atoms with Crippen molar-refractivity contribution in [2.24, 2.45) is 0 Å². The van der Waals surface area contributed by atoms with Gasteiger partial charge in [0, 0.05) is 0 Å². The Kier molecular flexibility index (Phi) is 3.93. The fraction of sp³-hybridized carbons (Fsp3) is 0.100. The smallest absolute Gasteiger partial charge is 0.420 e. The van der Waals surface area contributed by atoms with Crippen LogP contribution in [0.3, 0.4) is 0 Å². The van der Waals surface area contributed by atoms with E-state index in [1.165, 1.54) is 4.57 Å². The summed E-state index contributed by atoms with van der Waals surface area (Å²) in [6.07, 6.45) is 0. The normalized spacial score (nSPS) is 11.1. The van der Waals surface area contributed by atoms with Crippen LogP contribution < -0.4 is 10.5 Å². The third kappa shape index (κ3) is 2.93. The minimum atomic E-state index is -1.09. The molecule has 0 spiro atoms. The largest absolute Gasteiger partial charge is 0.480 e. The number of nitrogens with zero attached hydrogens (tertiary/aromatic N) is 1. The maximum absolute atomic E-state index is 12.3. The van der Waals surface area contributed by atoms with Gasteiger partial charge in [-0.1, -0.05) is 42.5 Å². The van der Waals surface area contributed by atoms with Crippen LogP contribution >= 0.6 is 0 Å². The van der Waals surface area contributed by atoms with Crippen LogP contribution in [0.1, 0.15) is 5.56 Å². The lowest BCUT2D eigenvalue weighted by Crippen LogP contribution is -2.16. The second kappa shape index (κ2) is 6.40. The fourth-order valence-electron chi connectivity index (χ4n) is 3.01. The lowest BCUT2D eigenvalue weighted by Gasteiger charge is -2.08. The Morgan fingerprint density at radius 2 is 1.85 bits per heavy atom. The summed E-state index contributed by atoms with van der Waals surface area (Å²) in [5, 5.41) is 11.0. The summed E-state index contributed by atoms with van der Waals surface area (Å²) in [6, 6.07) is 18.9. The van der Waals surface area contributed by atoms with Gasteiger partial charge in [-0.2, -0.15) is 0 Å². The molecular weight excluding hydrogens is 334 g/mol. The van der Waals surface area contributed by atoms with Gasteiger partial charge in [-0.25, -0.2) is 9.59 Å². The zero-order chi connectivity index (χ0) is 18.1.